The van der Waals surface area contributed by atoms with Gasteiger partial charge in [-0.05, 0) is 38.0 Å². The van der Waals surface area contributed by atoms with Crippen molar-refractivity contribution < 1.29 is 0 Å². The van der Waals surface area contributed by atoms with Crippen LogP contribution in [0.15, 0.2) is 18.7 Å². The molecule has 58 valence electrons. The van der Waals surface area contributed by atoms with E-state index in [9.17, 15) is 0 Å². The summed E-state index contributed by atoms with van der Waals surface area (Å²) in [6, 6.07) is 4.08. The van der Waals surface area contributed by atoms with Crippen molar-refractivity contribution in [2.75, 3.05) is 0 Å². The first-order valence-corrected chi connectivity index (χ1v) is 3.71. The van der Waals surface area contributed by atoms with Crippen LogP contribution in [-0.4, -0.2) is 4.98 Å². The molecule has 1 aromatic rings. The van der Waals surface area contributed by atoms with Crippen LogP contribution in [-0.2, 0) is 0 Å². The Kier molecular flexibility index (Phi) is 2.08. The highest BCUT2D eigenvalue weighted by atomic mass is 14.7. The summed E-state index contributed by atoms with van der Waals surface area (Å²) in [7, 11) is 0. The minimum absolute atomic E-state index is 0.994. The van der Waals surface area contributed by atoms with Gasteiger partial charge in [0.15, 0.2) is 0 Å². The standard InChI is InChI=1S/C10H13N/c1-7(2)10-6-5-8(3)9(4)11-10/h5-6H,1H2,2-4H3. The van der Waals surface area contributed by atoms with Gasteiger partial charge in [0.25, 0.3) is 0 Å². The second kappa shape index (κ2) is 2.87. The van der Waals surface area contributed by atoms with E-state index in [1.54, 1.807) is 0 Å². The molecule has 0 aromatic carbocycles. The Hall–Kier alpha value is -1.11. The van der Waals surface area contributed by atoms with Crippen molar-refractivity contribution in [3.05, 3.63) is 35.7 Å². The highest BCUT2D eigenvalue weighted by Crippen LogP contribution is 2.11. The average molecular weight is 147 g/mol. The van der Waals surface area contributed by atoms with Gasteiger partial charge in [0.1, 0.15) is 0 Å². The van der Waals surface area contributed by atoms with E-state index in [1.165, 1.54) is 5.56 Å². The van der Waals surface area contributed by atoms with E-state index < -0.39 is 0 Å². The van der Waals surface area contributed by atoms with Crippen LogP contribution in [0.1, 0.15) is 23.9 Å². The summed E-state index contributed by atoms with van der Waals surface area (Å²) < 4.78 is 0. The highest BCUT2D eigenvalue weighted by molar-refractivity contribution is 5.57. The number of aryl methyl sites for hydroxylation is 2. The SMILES string of the molecule is C=C(C)c1ccc(C)c(C)n1. The van der Waals surface area contributed by atoms with E-state index in [0.29, 0.717) is 0 Å². The Morgan fingerprint density at radius 2 is 2.00 bits per heavy atom. The van der Waals surface area contributed by atoms with Gasteiger partial charge in [0, 0.05) is 5.69 Å². The molecule has 0 bridgehead atoms. The van der Waals surface area contributed by atoms with E-state index in [-0.39, 0.29) is 0 Å². The monoisotopic (exact) mass is 147 g/mol. The number of pyridine rings is 1. The number of hydrogen-bond acceptors (Lipinski definition) is 1. The van der Waals surface area contributed by atoms with Gasteiger partial charge in [0.05, 0.1) is 5.69 Å². The molecule has 1 aromatic heterocycles. The number of rotatable bonds is 1. The van der Waals surface area contributed by atoms with Crippen LogP contribution >= 0.6 is 0 Å². The Labute approximate surface area is 67.8 Å². The number of nitrogens with zero attached hydrogens (tertiary/aromatic N) is 1. The fourth-order valence-corrected chi connectivity index (χ4v) is 0.868. The van der Waals surface area contributed by atoms with Crippen LogP contribution in [0.25, 0.3) is 5.57 Å². The van der Waals surface area contributed by atoms with E-state index in [0.717, 1.165) is 17.0 Å². The van der Waals surface area contributed by atoms with Crippen LogP contribution < -0.4 is 0 Å². The third-order valence-corrected chi connectivity index (χ3v) is 1.79. The summed E-state index contributed by atoms with van der Waals surface area (Å²) in [5.74, 6) is 0. The first-order valence-electron chi connectivity index (χ1n) is 3.71. The lowest BCUT2D eigenvalue weighted by molar-refractivity contribution is 1.12. The topological polar surface area (TPSA) is 12.9 Å². The predicted molar refractivity (Wildman–Crippen MR) is 48.4 cm³/mol. The zero-order valence-corrected chi connectivity index (χ0v) is 7.31. The van der Waals surface area contributed by atoms with Crippen molar-refractivity contribution in [3.8, 4) is 0 Å². The van der Waals surface area contributed by atoms with Crippen molar-refractivity contribution in [2.45, 2.75) is 20.8 Å². The molecule has 0 aliphatic heterocycles. The smallest absolute Gasteiger partial charge is 0.0656 e. The number of allylic oxidation sites excluding steroid dienone is 1. The van der Waals surface area contributed by atoms with Gasteiger partial charge in [-0.15, -0.1) is 0 Å². The highest BCUT2D eigenvalue weighted by Gasteiger charge is 1.96. The molecule has 0 fully saturated rings. The fourth-order valence-electron chi connectivity index (χ4n) is 0.868. The summed E-state index contributed by atoms with van der Waals surface area (Å²) in [6.07, 6.45) is 0. The van der Waals surface area contributed by atoms with Gasteiger partial charge in [-0.25, -0.2) is 0 Å². The molecule has 0 aliphatic rings. The normalized spacial score (nSPS) is 9.73. The van der Waals surface area contributed by atoms with Crippen molar-refractivity contribution >= 4 is 5.57 Å². The third kappa shape index (κ3) is 1.67. The Balaban J connectivity index is 3.15. The molecule has 0 N–H and O–H groups in total. The molecule has 0 radical (unpaired) electrons. The van der Waals surface area contributed by atoms with Gasteiger partial charge in [-0.1, -0.05) is 12.6 Å². The molecule has 1 heterocycles. The van der Waals surface area contributed by atoms with Crippen LogP contribution in [0.5, 0.6) is 0 Å². The predicted octanol–water partition coefficient (Wildman–Crippen LogP) is 2.73. The number of hydrogen-bond donors (Lipinski definition) is 0. The molecule has 0 amide bonds. The van der Waals surface area contributed by atoms with Crippen LogP contribution in [0.4, 0.5) is 0 Å². The minimum atomic E-state index is 0.994. The van der Waals surface area contributed by atoms with Crippen molar-refractivity contribution in [2.24, 2.45) is 0 Å². The fraction of sp³-hybridized carbons (Fsp3) is 0.300. The molecule has 0 unspecified atom stereocenters. The Morgan fingerprint density at radius 3 is 2.45 bits per heavy atom. The van der Waals surface area contributed by atoms with Crippen LogP contribution in [0.2, 0.25) is 0 Å². The Bertz CT molecular complexity index is 287. The zero-order valence-electron chi connectivity index (χ0n) is 7.31. The minimum Gasteiger partial charge on any atom is -0.253 e. The maximum Gasteiger partial charge on any atom is 0.0656 e. The van der Waals surface area contributed by atoms with E-state index >= 15 is 0 Å². The van der Waals surface area contributed by atoms with E-state index in [1.807, 2.05) is 19.9 Å². The van der Waals surface area contributed by atoms with Gasteiger partial charge in [-0.3, -0.25) is 4.98 Å². The lowest BCUT2D eigenvalue weighted by atomic mass is 10.1. The quantitative estimate of drug-likeness (QED) is 0.595. The lowest BCUT2D eigenvalue weighted by Crippen LogP contribution is -1.90. The number of aromatic nitrogens is 1. The molecular formula is C10H13N. The van der Waals surface area contributed by atoms with Gasteiger partial charge < -0.3 is 0 Å². The average Bonchev–Trinajstić information content (AvgIpc) is 1.94. The zero-order chi connectivity index (χ0) is 8.43. The van der Waals surface area contributed by atoms with Crippen molar-refractivity contribution in [3.63, 3.8) is 0 Å². The molecule has 1 rings (SSSR count). The first kappa shape index (κ1) is 7.99. The third-order valence-electron chi connectivity index (χ3n) is 1.79. The molecule has 0 saturated carbocycles. The van der Waals surface area contributed by atoms with Gasteiger partial charge >= 0.3 is 0 Å². The van der Waals surface area contributed by atoms with E-state index in [4.69, 9.17) is 0 Å². The summed E-state index contributed by atoms with van der Waals surface area (Å²) in [5.41, 5.74) is 4.33. The lowest BCUT2D eigenvalue weighted by Gasteiger charge is -2.02. The molecule has 0 atom stereocenters. The molecule has 0 saturated heterocycles. The summed E-state index contributed by atoms with van der Waals surface area (Å²) in [6.45, 7) is 9.88. The largest absolute Gasteiger partial charge is 0.253 e. The maximum atomic E-state index is 4.37. The molecule has 0 spiro atoms. The summed E-state index contributed by atoms with van der Waals surface area (Å²) in [5, 5.41) is 0. The first-order chi connectivity index (χ1) is 5.11. The van der Waals surface area contributed by atoms with Gasteiger partial charge in [-0.2, -0.15) is 0 Å². The van der Waals surface area contributed by atoms with Crippen LogP contribution in [0.3, 0.4) is 0 Å². The van der Waals surface area contributed by atoms with Crippen molar-refractivity contribution in [1.29, 1.82) is 0 Å². The molecule has 11 heavy (non-hydrogen) atoms. The summed E-state index contributed by atoms with van der Waals surface area (Å²) in [4.78, 5) is 4.37. The maximum absolute atomic E-state index is 4.37. The molecule has 1 nitrogen and oxygen atoms in total. The second-order valence-electron chi connectivity index (χ2n) is 2.88. The molecule has 0 aliphatic carbocycles. The van der Waals surface area contributed by atoms with Crippen LogP contribution in [0, 0.1) is 13.8 Å². The second-order valence-corrected chi connectivity index (χ2v) is 2.88. The molecule has 1 heteroatoms. The van der Waals surface area contributed by atoms with Crippen molar-refractivity contribution in [1.82, 2.24) is 4.98 Å². The molecular weight excluding hydrogens is 134 g/mol. The van der Waals surface area contributed by atoms with E-state index in [2.05, 4.69) is 24.6 Å². The Morgan fingerprint density at radius 1 is 1.36 bits per heavy atom. The van der Waals surface area contributed by atoms with Gasteiger partial charge in [0.2, 0.25) is 0 Å². The summed E-state index contributed by atoms with van der Waals surface area (Å²) >= 11 is 0.